The molecule has 0 aromatic carbocycles. The van der Waals surface area contributed by atoms with Crippen LogP contribution in [0.4, 0.5) is 5.95 Å². The van der Waals surface area contributed by atoms with Crippen molar-refractivity contribution in [3.8, 4) is 0 Å². The van der Waals surface area contributed by atoms with E-state index in [-0.39, 0.29) is 24.4 Å². The van der Waals surface area contributed by atoms with Crippen LogP contribution in [0.1, 0.15) is 13.8 Å². The molecule has 1 aromatic rings. The first-order valence-corrected chi connectivity index (χ1v) is 6.26. The standard InChI is InChI=1S/C8H15N3O3S/c1-7(2)14-5-6-15(12,13)11-8-9-3-4-10-8/h3-4,7H,5-6H2,1-2H3,(H2,9,10,11). The van der Waals surface area contributed by atoms with Crippen molar-refractivity contribution >= 4 is 16.0 Å². The summed E-state index contributed by atoms with van der Waals surface area (Å²) in [6.45, 7) is 3.88. The Hall–Kier alpha value is -1.08. The number of nitrogens with zero attached hydrogens (tertiary/aromatic N) is 1. The summed E-state index contributed by atoms with van der Waals surface area (Å²) < 4.78 is 30.3. The smallest absolute Gasteiger partial charge is 0.237 e. The summed E-state index contributed by atoms with van der Waals surface area (Å²) in [5.74, 6) is 0.144. The van der Waals surface area contributed by atoms with Gasteiger partial charge in [0.15, 0.2) is 0 Å². The van der Waals surface area contributed by atoms with Gasteiger partial charge in [0.25, 0.3) is 0 Å². The molecule has 15 heavy (non-hydrogen) atoms. The summed E-state index contributed by atoms with van der Waals surface area (Å²) in [5, 5.41) is 0. The van der Waals surface area contributed by atoms with Gasteiger partial charge in [-0.2, -0.15) is 0 Å². The van der Waals surface area contributed by atoms with E-state index in [0.29, 0.717) is 0 Å². The third-order valence-electron chi connectivity index (χ3n) is 1.55. The van der Waals surface area contributed by atoms with Gasteiger partial charge in [0, 0.05) is 12.4 Å². The summed E-state index contributed by atoms with van der Waals surface area (Å²) in [4.78, 5) is 6.41. The number of hydrogen-bond acceptors (Lipinski definition) is 4. The predicted octanol–water partition coefficient (Wildman–Crippen LogP) is 0.576. The molecule has 0 radical (unpaired) electrons. The van der Waals surface area contributed by atoms with Crippen LogP contribution in [0.3, 0.4) is 0 Å². The fraction of sp³-hybridized carbons (Fsp3) is 0.625. The van der Waals surface area contributed by atoms with Gasteiger partial charge in [-0.05, 0) is 13.8 Å². The number of nitrogens with one attached hydrogen (secondary N) is 2. The molecule has 0 unspecified atom stereocenters. The molecule has 0 atom stereocenters. The molecular formula is C8H15N3O3S. The van der Waals surface area contributed by atoms with E-state index in [9.17, 15) is 8.42 Å². The second-order valence-electron chi connectivity index (χ2n) is 3.28. The average Bonchev–Trinajstić information content (AvgIpc) is 2.54. The topological polar surface area (TPSA) is 84.1 Å². The molecule has 6 nitrogen and oxygen atoms in total. The van der Waals surface area contributed by atoms with E-state index in [2.05, 4.69) is 14.7 Å². The molecule has 0 fully saturated rings. The largest absolute Gasteiger partial charge is 0.378 e. The summed E-state index contributed by atoms with van der Waals surface area (Å²) in [6, 6.07) is 0. The lowest BCUT2D eigenvalue weighted by atomic mass is 10.5. The van der Waals surface area contributed by atoms with Crippen molar-refractivity contribution in [1.82, 2.24) is 9.97 Å². The van der Waals surface area contributed by atoms with Crippen LogP contribution in [0, 0.1) is 0 Å². The molecule has 1 aromatic heterocycles. The van der Waals surface area contributed by atoms with Crippen molar-refractivity contribution in [2.24, 2.45) is 0 Å². The minimum Gasteiger partial charge on any atom is -0.378 e. The third kappa shape index (κ3) is 4.80. The average molecular weight is 233 g/mol. The van der Waals surface area contributed by atoms with Crippen molar-refractivity contribution in [2.45, 2.75) is 20.0 Å². The summed E-state index contributed by atoms with van der Waals surface area (Å²) in [5.41, 5.74) is 0. The molecule has 0 spiro atoms. The Kier molecular flexibility index (Phi) is 4.10. The minimum atomic E-state index is -3.37. The number of sulfonamides is 1. The molecule has 7 heteroatoms. The predicted molar refractivity (Wildman–Crippen MR) is 57.1 cm³/mol. The second-order valence-corrected chi connectivity index (χ2v) is 5.12. The Morgan fingerprint density at radius 3 is 2.87 bits per heavy atom. The van der Waals surface area contributed by atoms with Crippen LogP contribution < -0.4 is 4.72 Å². The molecule has 0 aliphatic rings. The van der Waals surface area contributed by atoms with Gasteiger partial charge in [-0.15, -0.1) is 0 Å². The lowest BCUT2D eigenvalue weighted by Gasteiger charge is -2.08. The number of ether oxygens (including phenoxy) is 1. The van der Waals surface area contributed by atoms with E-state index in [0.717, 1.165) is 0 Å². The first-order chi connectivity index (χ1) is 6.99. The molecule has 2 N–H and O–H groups in total. The molecule has 0 aliphatic carbocycles. The number of aromatic nitrogens is 2. The molecule has 1 rings (SSSR count). The Balaban J connectivity index is 2.39. The van der Waals surface area contributed by atoms with Crippen LogP contribution in [-0.4, -0.2) is 36.8 Å². The number of aromatic amines is 1. The molecule has 86 valence electrons. The monoisotopic (exact) mass is 233 g/mol. The molecular weight excluding hydrogens is 218 g/mol. The Morgan fingerprint density at radius 1 is 1.60 bits per heavy atom. The van der Waals surface area contributed by atoms with Gasteiger partial charge in [-0.1, -0.05) is 0 Å². The van der Waals surface area contributed by atoms with E-state index in [1.54, 1.807) is 6.20 Å². The van der Waals surface area contributed by atoms with Gasteiger partial charge >= 0.3 is 0 Å². The third-order valence-corrected chi connectivity index (χ3v) is 2.76. The molecule has 0 saturated carbocycles. The second kappa shape index (κ2) is 5.13. The van der Waals surface area contributed by atoms with Gasteiger partial charge in [0.05, 0.1) is 18.5 Å². The Labute approximate surface area is 89.1 Å². The van der Waals surface area contributed by atoms with E-state index in [4.69, 9.17) is 4.74 Å². The maximum Gasteiger partial charge on any atom is 0.237 e. The highest BCUT2D eigenvalue weighted by molar-refractivity contribution is 7.92. The fourth-order valence-corrected chi connectivity index (χ4v) is 1.74. The molecule has 0 bridgehead atoms. The fourth-order valence-electron chi connectivity index (χ4n) is 0.913. The molecule has 1 heterocycles. The highest BCUT2D eigenvalue weighted by Crippen LogP contribution is 2.00. The van der Waals surface area contributed by atoms with E-state index in [1.165, 1.54) is 6.20 Å². The van der Waals surface area contributed by atoms with Crippen molar-refractivity contribution in [1.29, 1.82) is 0 Å². The van der Waals surface area contributed by atoms with Crippen LogP contribution in [0.2, 0.25) is 0 Å². The van der Waals surface area contributed by atoms with Crippen molar-refractivity contribution < 1.29 is 13.2 Å². The van der Waals surface area contributed by atoms with Crippen molar-refractivity contribution in [3.05, 3.63) is 12.4 Å². The Bertz CT molecular complexity index is 372. The minimum absolute atomic E-state index is 0.0313. The van der Waals surface area contributed by atoms with Crippen LogP contribution in [0.25, 0.3) is 0 Å². The molecule has 0 saturated heterocycles. The lowest BCUT2D eigenvalue weighted by molar-refractivity contribution is 0.0913. The molecule has 0 aliphatic heterocycles. The highest BCUT2D eigenvalue weighted by Gasteiger charge is 2.11. The zero-order valence-electron chi connectivity index (χ0n) is 8.73. The normalized spacial score (nSPS) is 11.9. The highest BCUT2D eigenvalue weighted by atomic mass is 32.2. The maximum absolute atomic E-state index is 11.4. The maximum atomic E-state index is 11.4. The summed E-state index contributed by atoms with van der Waals surface area (Å²) in [6.07, 6.45) is 3.05. The lowest BCUT2D eigenvalue weighted by Crippen LogP contribution is -2.22. The molecule has 0 amide bonds. The number of anilines is 1. The number of imidazole rings is 1. The van der Waals surface area contributed by atoms with Crippen LogP contribution in [-0.2, 0) is 14.8 Å². The SMILES string of the molecule is CC(C)OCCS(=O)(=O)Nc1ncc[nH]1. The summed E-state index contributed by atoms with van der Waals surface area (Å²) in [7, 11) is -3.37. The van der Waals surface area contributed by atoms with E-state index >= 15 is 0 Å². The van der Waals surface area contributed by atoms with Gasteiger partial charge in [-0.25, -0.2) is 13.4 Å². The first kappa shape index (κ1) is 12.0. The van der Waals surface area contributed by atoms with Gasteiger partial charge in [0.2, 0.25) is 16.0 Å². The number of rotatable bonds is 6. The van der Waals surface area contributed by atoms with E-state index in [1.807, 2.05) is 13.8 Å². The Morgan fingerprint density at radius 2 is 2.33 bits per heavy atom. The van der Waals surface area contributed by atoms with E-state index < -0.39 is 10.0 Å². The zero-order chi connectivity index (χ0) is 11.3. The van der Waals surface area contributed by atoms with Crippen molar-refractivity contribution in [2.75, 3.05) is 17.1 Å². The van der Waals surface area contributed by atoms with Crippen LogP contribution in [0.15, 0.2) is 12.4 Å². The van der Waals surface area contributed by atoms with Crippen LogP contribution >= 0.6 is 0 Å². The van der Waals surface area contributed by atoms with Gasteiger partial charge in [0.1, 0.15) is 0 Å². The van der Waals surface area contributed by atoms with Gasteiger partial charge in [-0.3, -0.25) is 4.72 Å². The first-order valence-electron chi connectivity index (χ1n) is 4.61. The number of hydrogen-bond donors (Lipinski definition) is 2. The number of H-pyrrole nitrogens is 1. The van der Waals surface area contributed by atoms with Crippen LogP contribution in [0.5, 0.6) is 0 Å². The zero-order valence-corrected chi connectivity index (χ0v) is 9.54. The van der Waals surface area contributed by atoms with Crippen molar-refractivity contribution in [3.63, 3.8) is 0 Å². The summed E-state index contributed by atoms with van der Waals surface area (Å²) >= 11 is 0. The quantitative estimate of drug-likeness (QED) is 0.752. The van der Waals surface area contributed by atoms with Gasteiger partial charge < -0.3 is 9.72 Å².